The molecule has 106 valence electrons. The first-order valence-electron chi connectivity index (χ1n) is 6.66. The summed E-state index contributed by atoms with van der Waals surface area (Å²) in [4.78, 5) is 11.6. The molecule has 0 unspecified atom stereocenters. The fourth-order valence-electron chi connectivity index (χ4n) is 2.08. The Hall–Kier alpha value is -1.55. The Morgan fingerprint density at radius 3 is 2.37 bits per heavy atom. The standard InChI is InChI=1S/C15H24N2O2/c1-11-8-12(2)15(13(3)9-11)19-10-14(18)17-7-5-6-16-4/h8-9,16H,5-7,10H2,1-4H3,(H,17,18). The summed E-state index contributed by atoms with van der Waals surface area (Å²) in [5.74, 6) is 0.742. The molecule has 1 aromatic carbocycles. The van der Waals surface area contributed by atoms with Crippen LogP contribution in [0.1, 0.15) is 23.1 Å². The van der Waals surface area contributed by atoms with E-state index in [2.05, 4.69) is 29.7 Å². The molecular formula is C15H24N2O2. The van der Waals surface area contributed by atoms with Crippen molar-refractivity contribution >= 4 is 5.91 Å². The second-order valence-corrected chi connectivity index (χ2v) is 4.82. The lowest BCUT2D eigenvalue weighted by atomic mass is 10.1. The molecular weight excluding hydrogens is 240 g/mol. The number of hydrogen-bond acceptors (Lipinski definition) is 3. The van der Waals surface area contributed by atoms with Crippen molar-refractivity contribution in [2.45, 2.75) is 27.2 Å². The summed E-state index contributed by atoms with van der Waals surface area (Å²) < 4.78 is 5.61. The molecule has 0 aliphatic heterocycles. The molecule has 0 heterocycles. The third kappa shape index (κ3) is 5.30. The first-order chi connectivity index (χ1) is 9.04. The van der Waals surface area contributed by atoms with Crippen LogP contribution >= 0.6 is 0 Å². The number of aryl methyl sites for hydroxylation is 3. The number of benzene rings is 1. The molecule has 0 saturated heterocycles. The molecule has 0 bridgehead atoms. The van der Waals surface area contributed by atoms with Gasteiger partial charge in [-0.05, 0) is 51.9 Å². The second-order valence-electron chi connectivity index (χ2n) is 4.82. The highest BCUT2D eigenvalue weighted by Crippen LogP contribution is 2.24. The molecule has 0 saturated carbocycles. The summed E-state index contributed by atoms with van der Waals surface area (Å²) >= 11 is 0. The fourth-order valence-corrected chi connectivity index (χ4v) is 2.08. The van der Waals surface area contributed by atoms with Gasteiger partial charge in [-0.2, -0.15) is 0 Å². The smallest absolute Gasteiger partial charge is 0.257 e. The van der Waals surface area contributed by atoms with Crippen molar-refractivity contribution in [1.82, 2.24) is 10.6 Å². The van der Waals surface area contributed by atoms with Crippen molar-refractivity contribution in [3.05, 3.63) is 28.8 Å². The molecule has 0 fully saturated rings. The minimum absolute atomic E-state index is 0.0736. The number of carbonyl (C=O) groups excluding carboxylic acids is 1. The molecule has 19 heavy (non-hydrogen) atoms. The molecule has 1 aromatic rings. The number of hydrogen-bond donors (Lipinski definition) is 2. The quantitative estimate of drug-likeness (QED) is 0.737. The van der Waals surface area contributed by atoms with Gasteiger partial charge in [-0.25, -0.2) is 0 Å². The van der Waals surface area contributed by atoms with Gasteiger partial charge < -0.3 is 15.4 Å². The normalized spacial score (nSPS) is 10.3. The lowest BCUT2D eigenvalue weighted by molar-refractivity contribution is -0.123. The summed E-state index contributed by atoms with van der Waals surface area (Å²) in [6.07, 6.45) is 0.921. The van der Waals surface area contributed by atoms with Crippen LogP contribution in [0.5, 0.6) is 5.75 Å². The molecule has 1 rings (SSSR count). The lowest BCUT2D eigenvalue weighted by Crippen LogP contribution is -2.31. The van der Waals surface area contributed by atoms with E-state index in [4.69, 9.17) is 4.74 Å². The summed E-state index contributed by atoms with van der Waals surface area (Å²) in [7, 11) is 1.90. The molecule has 1 amide bonds. The molecule has 0 aliphatic carbocycles. The van der Waals surface area contributed by atoms with E-state index in [0.29, 0.717) is 6.54 Å². The van der Waals surface area contributed by atoms with Crippen LogP contribution in [0.4, 0.5) is 0 Å². The zero-order valence-electron chi connectivity index (χ0n) is 12.3. The van der Waals surface area contributed by atoms with Crippen molar-refractivity contribution in [3.8, 4) is 5.75 Å². The zero-order valence-corrected chi connectivity index (χ0v) is 12.3. The summed E-state index contributed by atoms with van der Waals surface area (Å²) in [6.45, 7) is 7.70. The van der Waals surface area contributed by atoms with Crippen molar-refractivity contribution in [3.63, 3.8) is 0 Å². The van der Waals surface area contributed by atoms with Gasteiger partial charge in [0.2, 0.25) is 0 Å². The Bertz CT molecular complexity index is 407. The summed E-state index contributed by atoms with van der Waals surface area (Å²) in [5, 5.41) is 5.87. The van der Waals surface area contributed by atoms with Gasteiger partial charge >= 0.3 is 0 Å². The van der Waals surface area contributed by atoms with Gasteiger partial charge in [0.25, 0.3) is 5.91 Å². The van der Waals surface area contributed by atoms with Crippen LogP contribution in [0.3, 0.4) is 0 Å². The van der Waals surface area contributed by atoms with E-state index in [1.807, 2.05) is 20.9 Å². The fraction of sp³-hybridized carbons (Fsp3) is 0.533. The van der Waals surface area contributed by atoms with Gasteiger partial charge in [0.15, 0.2) is 6.61 Å². The number of ether oxygens (including phenoxy) is 1. The maximum Gasteiger partial charge on any atom is 0.257 e. The van der Waals surface area contributed by atoms with Gasteiger partial charge in [-0.1, -0.05) is 17.7 Å². The Labute approximate surface area is 115 Å². The maximum absolute atomic E-state index is 11.6. The SMILES string of the molecule is CNCCCNC(=O)COc1c(C)cc(C)cc1C. The van der Waals surface area contributed by atoms with E-state index < -0.39 is 0 Å². The molecule has 4 nitrogen and oxygen atoms in total. The van der Waals surface area contributed by atoms with Crippen molar-refractivity contribution in [1.29, 1.82) is 0 Å². The van der Waals surface area contributed by atoms with E-state index in [0.717, 1.165) is 29.8 Å². The molecule has 0 spiro atoms. The Morgan fingerprint density at radius 1 is 1.16 bits per heavy atom. The van der Waals surface area contributed by atoms with Crippen LogP contribution in [-0.4, -0.2) is 32.7 Å². The number of rotatable bonds is 7. The van der Waals surface area contributed by atoms with Crippen LogP contribution in [0.25, 0.3) is 0 Å². The minimum atomic E-state index is -0.0736. The van der Waals surface area contributed by atoms with Crippen molar-refractivity contribution < 1.29 is 9.53 Å². The first-order valence-corrected chi connectivity index (χ1v) is 6.66. The lowest BCUT2D eigenvalue weighted by Gasteiger charge is -2.13. The topological polar surface area (TPSA) is 50.4 Å². The predicted molar refractivity (Wildman–Crippen MR) is 77.7 cm³/mol. The zero-order chi connectivity index (χ0) is 14.3. The first kappa shape index (κ1) is 15.5. The molecule has 4 heteroatoms. The highest BCUT2D eigenvalue weighted by atomic mass is 16.5. The average Bonchev–Trinajstić information content (AvgIpc) is 2.33. The maximum atomic E-state index is 11.6. The van der Waals surface area contributed by atoms with Crippen molar-refractivity contribution in [2.24, 2.45) is 0 Å². The van der Waals surface area contributed by atoms with Gasteiger partial charge in [-0.3, -0.25) is 4.79 Å². The minimum Gasteiger partial charge on any atom is -0.483 e. The number of carbonyl (C=O) groups is 1. The van der Waals surface area contributed by atoms with Crippen LogP contribution in [-0.2, 0) is 4.79 Å². The van der Waals surface area contributed by atoms with Gasteiger partial charge in [-0.15, -0.1) is 0 Å². The van der Waals surface area contributed by atoms with Gasteiger partial charge in [0.1, 0.15) is 5.75 Å². The summed E-state index contributed by atoms with van der Waals surface area (Å²) in [5.41, 5.74) is 3.35. The summed E-state index contributed by atoms with van der Waals surface area (Å²) in [6, 6.07) is 4.13. The van der Waals surface area contributed by atoms with Crippen LogP contribution in [0.2, 0.25) is 0 Å². The van der Waals surface area contributed by atoms with Gasteiger partial charge in [0, 0.05) is 6.54 Å². The van der Waals surface area contributed by atoms with Crippen LogP contribution < -0.4 is 15.4 Å². The van der Waals surface area contributed by atoms with E-state index in [-0.39, 0.29) is 12.5 Å². The van der Waals surface area contributed by atoms with E-state index in [9.17, 15) is 4.79 Å². The number of amides is 1. The molecule has 0 radical (unpaired) electrons. The monoisotopic (exact) mass is 264 g/mol. The van der Waals surface area contributed by atoms with Gasteiger partial charge in [0.05, 0.1) is 0 Å². The highest BCUT2D eigenvalue weighted by Gasteiger charge is 2.07. The molecule has 0 atom stereocenters. The predicted octanol–water partition coefficient (Wildman–Crippen LogP) is 1.72. The third-order valence-corrected chi connectivity index (χ3v) is 2.88. The van der Waals surface area contributed by atoms with Crippen molar-refractivity contribution in [2.75, 3.05) is 26.7 Å². The average molecular weight is 264 g/mol. The Morgan fingerprint density at radius 2 is 1.79 bits per heavy atom. The molecule has 2 N–H and O–H groups in total. The third-order valence-electron chi connectivity index (χ3n) is 2.88. The second kappa shape index (κ2) is 7.79. The van der Waals surface area contributed by atoms with Crippen LogP contribution in [0.15, 0.2) is 12.1 Å². The van der Waals surface area contributed by atoms with E-state index in [1.165, 1.54) is 5.56 Å². The number of nitrogens with one attached hydrogen (secondary N) is 2. The van der Waals surface area contributed by atoms with E-state index in [1.54, 1.807) is 0 Å². The molecule has 0 aromatic heterocycles. The van der Waals surface area contributed by atoms with Crippen LogP contribution in [0, 0.1) is 20.8 Å². The largest absolute Gasteiger partial charge is 0.483 e. The Kier molecular flexibility index (Phi) is 6.36. The Balaban J connectivity index is 2.42. The van der Waals surface area contributed by atoms with E-state index >= 15 is 0 Å². The highest BCUT2D eigenvalue weighted by molar-refractivity contribution is 5.77. The molecule has 0 aliphatic rings.